The summed E-state index contributed by atoms with van der Waals surface area (Å²) in [6, 6.07) is 7.03. The number of ether oxygens (including phenoxy) is 1. The summed E-state index contributed by atoms with van der Waals surface area (Å²) < 4.78 is 8.25. The summed E-state index contributed by atoms with van der Waals surface area (Å²) in [6.07, 6.45) is 7.15. The summed E-state index contributed by atoms with van der Waals surface area (Å²) in [4.78, 5) is 30.9. The van der Waals surface area contributed by atoms with Crippen molar-refractivity contribution in [1.82, 2.24) is 29.4 Å². The van der Waals surface area contributed by atoms with E-state index in [1.165, 1.54) is 6.33 Å². The van der Waals surface area contributed by atoms with Crippen molar-refractivity contribution >= 4 is 33.8 Å². The maximum atomic E-state index is 13.2. The lowest BCUT2D eigenvalue weighted by atomic mass is 9.75. The molecule has 5 heterocycles. The standard InChI is InChI=1S/C26H32N8O3/c1-25(36)13-26(37-12-20(25)34-15-32-21-22(28)30-14-31-23(21)34)6-8-33(9-7-26)24(35)18(27)10-16-11-29-19-5-3-2-4-17(16)19/h2-5,11,14-15,18,20,29,36H,6-10,12-13,27H2,1H3,(H2,28,30,31)/t18-,20+,25+/m0/s1. The quantitative estimate of drug-likeness (QED) is 0.325. The van der Waals surface area contributed by atoms with Crippen LogP contribution in [0.4, 0.5) is 5.82 Å². The molecule has 4 aromatic rings. The van der Waals surface area contributed by atoms with Crippen LogP contribution < -0.4 is 11.5 Å². The van der Waals surface area contributed by atoms with Gasteiger partial charge >= 0.3 is 0 Å². The third kappa shape index (κ3) is 4.12. The molecule has 2 fully saturated rings. The number of rotatable bonds is 4. The number of H-pyrrole nitrogens is 1. The van der Waals surface area contributed by atoms with Gasteiger partial charge in [-0.2, -0.15) is 0 Å². The van der Waals surface area contributed by atoms with Gasteiger partial charge < -0.3 is 35.8 Å². The number of nitrogen functional groups attached to an aromatic ring is 1. The second-order valence-electron chi connectivity index (χ2n) is 10.6. The van der Waals surface area contributed by atoms with Crippen LogP contribution in [0.15, 0.2) is 43.1 Å². The first-order valence-electron chi connectivity index (χ1n) is 12.7. The highest BCUT2D eigenvalue weighted by Crippen LogP contribution is 2.44. The summed E-state index contributed by atoms with van der Waals surface area (Å²) in [7, 11) is 0. The molecule has 0 saturated carbocycles. The Hall–Kier alpha value is -3.54. The van der Waals surface area contributed by atoms with Gasteiger partial charge in [-0.1, -0.05) is 18.2 Å². The number of hydrogen-bond acceptors (Lipinski definition) is 8. The lowest BCUT2D eigenvalue weighted by molar-refractivity contribution is -0.197. The van der Waals surface area contributed by atoms with Gasteiger partial charge in [-0.15, -0.1) is 0 Å². The van der Waals surface area contributed by atoms with Gasteiger partial charge in [-0.25, -0.2) is 15.0 Å². The summed E-state index contributed by atoms with van der Waals surface area (Å²) in [5, 5.41) is 12.6. The highest BCUT2D eigenvalue weighted by Gasteiger charge is 2.50. The number of carbonyl (C=O) groups excluding carboxylic acids is 1. The van der Waals surface area contributed by atoms with Crippen LogP contribution in [0.3, 0.4) is 0 Å². The van der Waals surface area contributed by atoms with E-state index in [4.69, 9.17) is 16.2 Å². The third-order valence-corrected chi connectivity index (χ3v) is 8.09. The molecule has 0 aliphatic carbocycles. The van der Waals surface area contributed by atoms with Gasteiger partial charge in [0.2, 0.25) is 5.91 Å². The molecule has 2 aliphatic rings. The third-order valence-electron chi connectivity index (χ3n) is 8.09. The van der Waals surface area contributed by atoms with Crippen molar-refractivity contribution in [3.05, 3.63) is 48.7 Å². The van der Waals surface area contributed by atoms with Gasteiger partial charge in [0.25, 0.3) is 0 Å². The number of hydrogen-bond donors (Lipinski definition) is 4. The van der Waals surface area contributed by atoms with Gasteiger partial charge in [-0.05, 0) is 37.8 Å². The largest absolute Gasteiger partial charge is 0.388 e. The van der Waals surface area contributed by atoms with E-state index < -0.39 is 17.2 Å². The van der Waals surface area contributed by atoms with Crippen molar-refractivity contribution in [1.29, 1.82) is 0 Å². The Morgan fingerprint density at radius 1 is 1.27 bits per heavy atom. The number of aromatic amines is 1. The second kappa shape index (κ2) is 8.79. The predicted octanol–water partition coefficient (Wildman–Crippen LogP) is 1.53. The second-order valence-corrected chi connectivity index (χ2v) is 10.6. The van der Waals surface area contributed by atoms with Crippen molar-refractivity contribution in [3.8, 4) is 0 Å². The molecule has 37 heavy (non-hydrogen) atoms. The van der Waals surface area contributed by atoms with Gasteiger partial charge in [0.1, 0.15) is 11.8 Å². The van der Waals surface area contributed by atoms with E-state index in [1.54, 1.807) is 6.33 Å². The highest BCUT2D eigenvalue weighted by molar-refractivity contribution is 5.86. The number of nitrogens with two attached hydrogens (primary N) is 2. The number of imidazole rings is 1. The molecule has 11 heteroatoms. The molecule has 1 amide bonds. The molecule has 0 unspecified atom stereocenters. The minimum atomic E-state index is -1.07. The van der Waals surface area contributed by atoms with E-state index in [9.17, 15) is 9.90 Å². The number of benzene rings is 1. The zero-order valence-corrected chi connectivity index (χ0v) is 20.8. The molecule has 11 nitrogen and oxygen atoms in total. The number of aromatic nitrogens is 5. The minimum Gasteiger partial charge on any atom is -0.388 e. The average molecular weight is 505 g/mol. The van der Waals surface area contributed by atoms with Gasteiger partial charge in [0.05, 0.1) is 36.2 Å². The van der Waals surface area contributed by atoms with E-state index in [-0.39, 0.29) is 11.9 Å². The molecule has 6 rings (SSSR count). The van der Waals surface area contributed by atoms with Gasteiger partial charge in [0.15, 0.2) is 11.5 Å². The number of fused-ring (bicyclic) bond motifs is 2. The van der Waals surface area contributed by atoms with E-state index in [0.717, 1.165) is 16.5 Å². The van der Waals surface area contributed by atoms with Crippen molar-refractivity contribution < 1.29 is 14.6 Å². The summed E-state index contributed by atoms with van der Waals surface area (Å²) in [5.41, 5.74) is 13.9. The van der Waals surface area contributed by atoms with Crippen LogP contribution in [0, 0.1) is 0 Å². The normalized spacial score (nSPS) is 24.6. The Morgan fingerprint density at radius 3 is 2.84 bits per heavy atom. The van der Waals surface area contributed by atoms with Crippen molar-refractivity contribution in [2.75, 3.05) is 25.4 Å². The first kappa shape index (κ1) is 23.8. The Morgan fingerprint density at radius 2 is 2.05 bits per heavy atom. The van der Waals surface area contributed by atoms with Crippen molar-refractivity contribution in [3.63, 3.8) is 0 Å². The van der Waals surface area contributed by atoms with Crippen LogP contribution in [0.5, 0.6) is 0 Å². The zero-order valence-electron chi connectivity index (χ0n) is 20.8. The minimum absolute atomic E-state index is 0.0530. The molecule has 1 spiro atoms. The van der Waals surface area contributed by atoms with Crippen LogP contribution in [0.25, 0.3) is 22.1 Å². The zero-order chi connectivity index (χ0) is 25.8. The number of para-hydroxylation sites is 1. The molecule has 0 bridgehead atoms. The fourth-order valence-electron chi connectivity index (χ4n) is 6.05. The van der Waals surface area contributed by atoms with Crippen molar-refractivity contribution in [2.24, 2.45) is 5.73 Å². The lowest BCUT2D eigenvalue weighted by Gasteiger charge is -2.51. The van der Waals surface area contributed by atoms with Crippen LogP contribution in [0.2, 0.25) is 0 Å². The number of nitrogens with zero attached hydrogens (tertiary/aromatic N) is 5. The molecule has 3 atom stereocenters. The Bertz CT molecular complexity index is 1450. The highest BCUT2D eigenvalue weighted by atomic mass is 16.5. The predicted molar refractivity (Wildman–Crippen MR) is 138 cm³/mol. The first-order chi connectivity index (χ1) is 17.8. The Kier molecular flexibility index (Phi) is 5.66. The summed E-state index contributed by atoms with van der Waals surface area (Å²) >= 11 is 0. The van der Waals surface area contributed by atoms with E-state index in [1.807, 2.05) is 46.9 Å². The number of anilines is 1. The average Bonchev–Trinajstić information content (AvgIpc) is 3.49. The van der Waals surface area contributed by atoms with Gasteiger partial charge in [-0.3, -0.25) is 4.79 Å². The maximum absolute atomic E-state index is 13.2. The van der Waals surface area contributed by atoms with Crippen LogP contribution >= 0.6 is 0 Å². The molecule has 194 valence electrons. The monoisotopic (exact) mass is 504 g/mol. The van der Waals surface area contributed by atoms with E-state index in [0.29, 0.717) is 62.4 Å². The van der Waals surface area contributed by atoms with Crippen LogP contribution in [-0.2, 0) is 16.0 Å². The smallest absolute Gasteiger partial charge is 0.239 e. The fourth-order valence-corrected chi connectivity index (χ4v) is 6.05. The number of aliphatic hydroxyl groups is 1. The number of piperidine rings is 1. The number of likely N-dealkylation sites (tertiary alicyclic amines) is 1. The lowest BCUT2D eigenvalue weighted by Crippen LogP contribution is -2.59. The number of carbonyl (C=O) groups is 1. The molecule has 0 radical (unpaired) electrons. The van der Waals surface area contributed by atoms with Crippen LogP contribution in [-0.4, -0.2) is 77.4 Å². The maximum Gasteiger partial charge on any atom is 0.239 e. The molecule has 2 aliphatic heterocycles. The molecular weight excluding hydrogens is 472 g/mol. The number of amides is 1. The van der Waals surface area contributed by atoms with Crippen molar-refractivity contribution in [2.45, 2.75) is 55.9 Å². The molecule has 1 aromatic carbocycles. The topological polar surface area (TPSA) is 161 Å². The number of nitrogens with one attached hydrogen (secondary N) is 1. The Labute approximate surface area is 213 Å². The SMILES string of the molecule is C[C@@]1(O)CC2(CCN(C(=O)[C@@H](N)Cc3c[nH]c4ccccc34)CC2)OC[C@H]1n1cnc2c(N)ncnc21. The van der Waals surface area contributed by atoms with Gasteiger partial charge in [0, 0.05) is 36.6 Å². The molecule has 6 N–H and O–H groups in total. The van der Waals surface area contributed by atoms with E-state index >= 15 is 0 Å². The summed E-state index contributed by atoms with van der Waals surface area (Å²) in [5.74, 6) is 0.249. The first-order valence-corrected chi connectivity index (χ1v) is 12.7. The molecule has 3 aromatic heterocycles. The fraction of sp³-hybridized carbons (Fsp3) is 0.462. The van der Waals surface area contributed by atoms with Crippen LogP contribution in [0.1, 0.15) is 37.8 Å². The molecular formula is C26H32N8O3. The molecule has 2 saturated heterocycles. The Balaban J connectivity index is 1.11. The summed E-state index contributed by atoms with van der Waals surface area (Å²) in [6.45, 7) is 3.21. The van der Waals surface area contributed by atoms with E-state index in [2.05, 4.69) is 19.9 Å².